The summed E-state index contributed by atoms with van der Waals surface area (Å²) in [5, 5.41) is 3.92. The maximum Gasteiger partial charge on any atom is 0.339 e. The summed E-state index contributed by atoms with van der Waals surface area (Å²) in [6.07, 6.45) is -3.37. The van der Waals surface area contributed by atoms with E-state index in [0.717, 1.165) is 16.0 Å². The molecule has 0 aliphatic carbocycles. The highest BCUT2D eigenvalue weighted by molar-refractivity contribution is 7.99. The first-order valence-electron chi connectivity index (χ1n) is 10.3. The van der Waals surface area contributed by atoms with Gasteiger partial charge in [0, 0.05) is 16.7 Å². The van der Waals surface area contributed by atoms with Gasteiger partial charge in [-0.15, -0.1) is 0 Å². The number of esters is 2. The van der Waals surface area contributed by atoms with Crippen molar-refractivity contribution in [3.05, 3.63) is 76.2 Å². The molecule has 1 fully saturated rings. The summed E-state index contributed by atoms with van der Waals surface area (Å²) < 4.78 is 22.5. The average molecular weight is 472 g/mol. The lowest BCUT2D eigenvalue weighted by molar-refractivity contribution is -0.210. The summed E-state index contributed by atoms with van der Waals surface area (Å²) in [6.45, 7) is 3.34. The Balaban J connectivity index is 1.97. The van der Waals surface area contributed by atoms with Crippen molar-refractivity contribution in [3.8, 4) is 0 Å². The minimum absolute atomic E-state index is 0.149. The molecule has 33 heavy (non-hydrogen) atoms. The molecule has 0 amide bonds. The van der Waals surface area contributed by atoms with Gasteiger partial charge in [-0.2, -0.15) is 0 Å². The molecular formula is C23H25N3O6S. The summed E-state index contributed by atoms with van der Waals surface area (Å²) in [4.78, 5) is 28.3. The van der Waals surface area contributed by atoms with Crippen molar-refractivity contribution in [2.24, 2.45) is 5.11 Å². The smallest absolute Gasteiger partial charge is 0.339 e. The van der Waals surface area contributed by atoms with E-state index in [2.05, 4.69) is 10.0 Å². The second kappa shape index (κ2) is 11.7. The lowest BCUT2D eigenvalue weighted by Gasteiger charge is -2.43. The maximum absolute atomic E-state index is 12.6. The van der Waals surface area contributed by atoms with Crippen LogP contribution in [0.2, 0.25) is 0 Å². The van der Waals surface area contributed by atoms with Gasteiger partial charge in [0.05, 0.1) is 13.7 Å². The lowest BCUT2D eigenvalue weighted by atomic mass is 9.97. The van der Waals surface area contributed by atoms with Crippen LogP contribution in [0.5, 0.6) is 0 Å². The first-order valence-corrected chi connectivity index (χ1v) is 11.1. The van der Waals surface area contributed by atoms with Gasteiger partial charge in [-0.1, -0.05) is 64.9 Å². The molecule has 9 nitrogen and oxygen atoms in total. The number of azide groups is 1. The lowest BCUT2D eigenvalue weighted by Crippen LogP contribution is -2.60. The van der Waals surface area contributed by atoms with E-state index in [1.807, 2.05) is 61.5 Å². The highest BCUT2D eigenvalue weighted by atomic mass is 32.2. The van der Waals surface area contributed by atoms with Crippen LogP contribution in [-0.2, 0) is 35.1 Å². The largest absolute Gasteiger partial charge is 0.467 e. The first-order chi connectivity index (χ1) is 15.9. The van der Waals surface area contributed by atoms with Crippen LogP contribution < -0.4 is 0 Å². The fourth-order valence-electron chi connectivity index (χ4n) is 3.44. The molecule has 0 radical (unpaired) electrons. The van der Waals surface area contributed by atoms with Gasteiger partial charge in [-0.3, -0.25) is 4.79 Å². The van der Waals surface area contributed by atoms with Crippen LogP contribution in [0.25, 0.3) is 10.4 Å². The molecule has 0 unspecified atom stereocenters. The molecule has 1 saturated heterocycles. The van der Waals surface area contributed by atoms with E-state index in [4.69, 9.17) is 18.9 Å². The summed E-state index contributed by atoms with van der Waals surface area (Å²) in [6, 6.07) is 16.2. The standard InChI is InChI=1S/C23H25N3O6S/c1-14-9-11-17(12-10-14)33-23-18(25-26-24)19(30-13-16-7-5-4-6-8-16)20(31-15(2)27)21(32-23)22(28)29-3/h4-12,18-21,23H,13H2,1-3H3/t18-,19-,20+,21+,23+/m1/s1. The highest BCUT2D eigenvalue weighted by Crippen LogP contribution is 2.38. The van der Waals surface area contributed by atoms with Gasteiger partial charge in [0.25, 0.3) is 0 Å². The summed E-state index contributed by atoms with van der Waals surface area (Å²) in [7, 11) is 1.22. The molecule has 0 spiro atoms. The zero-order chi connectivity index (χ0) is 23.8. The number of thioether (sulfide) groups is 1. The normalized spacial score (nSPS) is 24.4. The van der Waals surface area contributed by atoms with Crippen LogP contribution in [0.4, 0.5) is 0 Å². The van der Waals surface area contributed by atoms with Crippen molar-refractivity contribution in [3.63, 3.8) is 0 Å². The third-order valence-electron chi connectivity index (χ3n) is 5.00. The first kappa shape index (κ1) is 24.6. The van der Waals surface area contributed by atoms with Crippen molar-refractivity contribution < 1.29 is 28.5 Å². The number of benzene rings is 2. The molecule has 0 bridgehead atoms. The second-order valence-electron chi connectivity index (χ2n) is 7.41. The van der Waals surface area contributed by atoms with E-state index in [0.29, 0.717) is 0 Å². The molecule has 1 heterocycles. The Labute approximate surface area is 196 Å². The topological polar surface area (TPSA) is 120 Å². The second-order valence-corrected chi connectivity index (χ2v) is 8.58. The zero-order valence-corrected chi connectivity index (χ0v) is 19.3. The van der Waals surface area contributed by atoms with Crippen molar-refractivity contribution >= 4 is 23.7 Å². The molecule has 3 rings (SSSR count). The van der Waals surface area contributed by atoms with Crippen LogP contribution in [0.3, 0.4) is 0 Å². The Morgan fingerprint density at radius 1 is 1.12 bits per heavy atom. The Hall–Kier alpha value is -3.04. The number of ether oxygens (including phenoxy) is 4. The molecule has 174 valence electrons. The molecule has 2 aromatic carbocycles. The number of methoxy groups -OCH3 is 1. The molecule has 10 heteroatoms. The van der Waals surface area contributed by atoms with Crippen molar-refractivity contribution in [2.75, 3.05) is 7.11 Å². The maximum atomic E-state index is 12.6. The van der Waals surface area contributed by atoms with E-state index >= 15 is 0 Å². The van der Waals surface area contributed by atoms with Crippen LogP contribution in [0, 0.1) is 6.92 Å². The molecule has 1 aliphatic rings. The van der Waals surface area contributed by atoms with Gasteiger partial charge >= 0.3 is 11.9 Å². The van der Waals surface area contributed by atoms with Gasteiger partial charge in [0.1, 0.15) is 17.6 Å². The monoisotopic (exact) mass is 471 g/mol. The molecular weight excluding hydrogens is 446 g/mol. The predicted octanol–water partition coefficient (Wildman–Crippen LogP) is 4.18. The molecule has 0 saturated carbocycles. The predicted molar refractivity (Wildman–Crippen MR) is 121 cm³/mol. The minimum Gasteiger partial charge on any atom is -0.467 e. The van der Waals surface area contributed by atoms with E-state index in [1.165, 1.54) is 25.8 Å². The average Bonchev–Trinajstić information content (AvgIpc) is 2.81. The number of hydrogen-bond donors (Lipinski definition) is 0. The Kier molecular flexibility index (Phi) is 8.73. The van der Waals surface area contributed by atoms with Crippen LogP contribution in [0.15, 0.2) is 64.6 Å². The number of aryl methyl sites for hydroxylation is 1. The fourth-order valence-corrected chi connectivity index (χ4v) is 4.52. The van der Waals surface area contributed by atoms with E-state index in [9.17, 15) is 15.1 Å². The fraction of sp³-hybridized carbons (Fsp3) is 0.391. The van der Waals surface area contributed by atoms with Crippen molar-refractivity contribution in [1.82, 2.24) is 0 Å². The SMILES string of the molecule is COC(=O)[C@H]1O[C@@H](Sc2ccc(C)cc2)[C@H](N=[N+]=[N-])[C@@H](OCc2ccccc2)[C@@H]1OC(C)=O. The summed E-state index contributed by atoms with van der Waals surface area (Å²) >= 11 is 1.28. The van der Waals surface area contributed by atoms with E-state index in [1.54, 1.807) is 0 Å². The molecule has 1 aliphatic heterocycles. The van der Waals surface area contributed by atoms with Gasteiger partial charge in [0.2, 0.25) is 0 Å². The van der Waals surface area contributed by atoms with Gasteiger partial charge in [-0.05, 0) is 30.2 Å². The van der Waals surface area contributed by atoms with Crippen LogP contribution in [-0.4, -0.2) is 48.8 Å². The van der Waals surface area contributed by atoms with Crippen molar-refractivity contribution in [2.45, 2.75) is 55.1 Å². The minimum atomic E-state index is -1.26. The highest BCUT2D eigenvalue weighted by Gasteiger charge is 2.52. The number of hydrogen-bond acceptors (Lipinski definition) is 8. The Bertz CT molecular complexity index is 997. The molecule has 0 N–H and O–H groups in total. The number of rotatable bonds is 8. The number of carbonyl (C=O) groups is 2. The van der Waals surface area contributed by atoms with Crippen LogP contribution in [0.1, 0.15) is 18.1 Å². The van der Waals surface area contributed by atoms with E-state index < -0.39 is 41.7 Å². The summed E-state index contributed by atoms with van der Waals surface area (Å²) in [5.74, 6) is -1.35. The zero-order valence-electron chi connectivity index (χ0n) is 18.5. The molecule has 5 atom stereocenters. The van der Waals surface area contributed by atoms with Gasteiger partial charge < -0.3 is 18.9 Å². The molecule has 0 aromatic heterocycles. The quantitative estimate of drug-likeness (QED) is 0.245. The van der Waals surface area contributed by atoms with Crippen LogP contribution >= 0.6 is 11.8 Å². The van der Waals surface area contributed by atoms with Crippen molar-refractivity contribution in [1.29, 1.82) is 0 Å². The Morgan fingerprint density at radius 2 is 1.82 bits per heavy atom. The molecule has 2 aromatic rings. The number of nitrogens with zero attached hydrogens (tertiary/aromatic N) is 3. The number of carbonyl (C=O) groups excluding carboxylic acids is 2. The third-order valence-corrected chi connectivity index (χ3v) is 6.16. The van der Waals surface area contributed by atoms with E-state index in [-0.39, 0.29) is 6.61 Å². The third kappa shape index (κ3) is 6.49. The Morgan fingerprint density at radius 3 is 2.42 bits per heavy atom. The van der Waals surface area contributed by atoms with Gasteiger partial charge in [0.15, 0.2) is 12.2 Å². The van der Waals surface area contributed by atoms with Gasteiger partial charge in [-0.25, -0.2) is 4.79 Å². The summed E-state index contributed by atoms with van der Waals surface area (Å²) in [5.41, 5.74) is 10.4.